The Balaban J connectivity index is 1.79. The van der Waals surface area contributed by atoms with Gasteiger partial charge in [0, 0.05) is 37.6 Å². The second kappa shape index (κ2) is 6.09. The Bertz CT molecular complexity index is 318. The fourth-order valence-electron chi connectivity index (χ4n) is 1.82. The summed E-state index contributed by atoms with van der Waals surface area (Å²) in [5.41, 5.74) is 0. The van der Waals surface area contributed by atoms with Gasteiger partial charge in [-0.15, -0.1) is 6.58 Å². The summed E-state index contributed by atoms with van der Waals surface area (Å²) < 4.78 is 2.44. The molecule has 0 saturated carbocycles. The van der Waals surface area contributed by atoms with Crippen molar-refractivity contribution in [2.24, 2.45) is 0 Å². The third kappa shape index (κ3) is 3.37. The van der Waals surface area contributed by atoms with E-state index in [1.165, 1.54) is 4.90 Å². The lowest BCUT2D eigenvalue weighted by Crippen LogP contribution is -2.43. The fraction of sp³-hybridized carbons (Fsp3) is 0.385. The summed E-state index contributed by atoms with van der Waals surface area (Å²) >= 11 is 1.87. The van der Waals surface area contributed by atoms with E-state index in [-0.39, 0.29) is 0 Å². The average molecular weight is 234 g/mol. The minimum atomic E-state index is 1.02. The van der Waals surface area contributed by atoms with Gasteiger partial charge >= 0.3 is 0 Å². The molecule has 0 spiro atoms. The molecule has 16 heavy (non-hydrogen) atoms. The summed E-state index contributed by atoms with van der Waals surface area (Å²) in [7, 11) is 0. The third-order valence-corrected chi connectivity index (χ3v) is 3.80. The van der Waals surface area contributed by atoms with Crippen LogP contribution in [0.5, 0.6) is 0 Å². The summed E-state index contributed by atoms with van der Waals surface area (Å²) in [5, 5.41) is 0. The first kappa shape index (κ1) is 11.7. The second-order valence-electron chi connectivity index (χ2n) is 3.92. The van der Waals surface area contributed by atoms with Crippen LogP contribution >= 0.6 is 11.9 Å². The van der Waals surface area contributed by atoms with Crippen LogP contribution < -0.4 is 0 Å². The van der Waals surface area contributed by atoms with Crippen LogP contribution in [0.2, 0.25) is 0 Å². The summed E-state index contributed by atoms with van der Waals surface area (Å²) in [6.45, 7) is 9.35. The molecule has 1 fully saturated rings. The number of hydrogen-bond acceptors (Lipinski definition) is 3. The molecule has 0 atom stereocenters. The van der Waals surface area contributed by atoms with Crippen molar-refractivity contribution in [1.29, 1.82) is 0 Å². The number of rotatable bonds is 4. The molecule has 0 N–H and O–H groups in total. The Morgan fingerprint density at radius 1 is 1.12 bits per heavy atom. The van der Waals surface area contributed by atoms with E-state index in [0.717, 1.165) is 32.7 Å². The zero-order chi connectivity index (χ0) is 11.2. The van der Waals surface area contributed by atoms with Crippen molar-refractivity contribution in [2.75, 3.05) is 32.7 Å². The molecule has 0 aromatic heterocycles. The molecule has 1 aromatic carbocycles. The molecule has 1 aromatic rings. The van der Waals surface area contributed by atoms with E-state index in [4.69, 9.17) is 0 Å². The van der Waals surface area contributed by atoms with Crippen LogP contribution in [-0.2, 0) is 0 Å². The van der Waals surface area contributed by atoms with Gasteiger partial charge < -0.3 is 0 Å². The summed E-state index contributed by atoms with van der Waals surface area (Å²) in [6, 6.07) is 10.6. The van der Waals surface area contributed by atoms with Gasteiger partial charge in [0.25, 0.3) is 0 Å². The van der Waals surface area contributed by atoms with E-state index in [1.54, 1.807) is 0 Å². The lowest BCUT2D eigenvalue weighted by Gasteiger charge is -2.33. The standard InChI is InChI=1S/C13H18N2S/c1-2-8-14-9-11-15(12-10-14)16-13-6-4-3-5-7-13/h2-7H,1,8-12H2. The number of piperazine rings is 1. The monoisotopic (exact) mass is 234 g/mol. The predicted octanol–water partition coefficient (Wildman–Crippen LogP) is 2.50. The van der Waals surface area contributed by atoms with Crippen LogP contribution in [-0.4, -0.2) is 41.9 Å². The Kier molecular flexibility index (Phi) is 4.45. The molecule has 0 aliphatic carbocycles. The van der Waals surface area contributed by atoms with Gasteiger partial charge in [-0.05, 0) is 24.1 Å². The van der Waals surface area contributed by atoms with Crippen LogP contribution in [0.4, 0.5) is 0 Å². The average Bonchev–Trinajstić information content (AvgIpc) is 2.33. The topological polar surface area (TPSA) is 6.48 Å². The van der Waals surface area contributed by atoms with Crippen LogP contribution in [0.1, 0.15) is 0 Å². The van der Waals surface area contributed by atoms with E-state index in [2.05, 4.69) is 46.1 Å². The number of benzene rings is 1. The van der Waals surface area contributed by atoms with Crippen molar-refractivity contribution in [3.05, 3.63) is 43.0 Å². The maximum absolute atomic E-state index is 3.78. The van der Waals surface area contributed by atoms with Crippen LogP contribution in [0.25, 0.3) is 0 Å². The van der Waals surface area contributed by atoms with Crippen molar-refractivity contribution >= 4 is 11.9 Å². The lowest BCUT2D eigenvalue weighted by atomic mass is 10.3. The first-order valence-corrected chi connectivity index (χ1v) is 6.47. The third-order valence-electron chi connectivity index (χ3n) is 2.70. The fourth-order valence-corrected chi connectivity index (χ4v) is 2.74. The van der Waals surface area contributed by atoms with Crippen molar-refractivity contribution in [3.63, 3.8) is 0 Å². The van der Waals surface area contributed by atoms with Gasteiger partial charge in [0.2, 0.25) is 0 Å². The number of hydrogen-bond donors (Lipinski definition) is 0. The Hall–Kier alpha value is -0.770. The predicted molar refractivity (Wildman–Crippen MR) is 70.5 cm³/mol. The van der Waals surface area contributed by atoms with E-state index in [9.17, 15) is 0 Å². The minimum absolute atomic E-state index is 1.02. The highest BCUT2D eigenvalue weighted by atomic mass is 32.2. The van der Waals surface area contributed by atoms with E-state index in [1.807, 2.05) is 18.0 Å². The van der Waals surface area contributed by atoms with Crippen molar-refractivity contribution in [2.45, 2.75) is 4.90 Å². The van der Waals surface area contributed by atoms with Gasteiger partial charge in [0.15, 0.2) is 0 Å². The Morgan fingerprint density at radius 2 is 1.81 bits per heavy atom. The van der Waals surface area contributed by atoms with Crippen molar-refractivity contribution in [3.8, 4) is 0 Å². The van der Waals surface area contributed by atoms with Gasteiger partial charge in [-0.2, -0.15) is 0 Å². The highest BCUT2D eigenvalue weighted by Crippen LogP contribution is 2.23. The molecule has 86 valence electrons. The maximum atomic E-state index is 3.78. The molecular weight excluding hydrogens is 216 g/mol. The summed E-state index contributed by atoms with van der Waals surface area (Å²) in [5.74, 6) is 0. The van der Waals surface area contributed by atoms with Crippen LogP contribution in [0.3, 0.4) is 0 Å². The molecule has 1 aliphatic heterocycles. The van der Waals surface area contributed by atoms with Crippen molar-refractivity contribution in [1.82, 2.24) is 9.21 Å². The van der Waals surface area contributed by atoms with Gasteiger partial charge in [-0.3, -0.25) is 4.90 Å². The normalized spacial score (nSPS) is 18.5. The zero-order valence-corrected chi connectivity index (χ0v) is 10.3. The van der Waals surface area contributed by atoms with E-state index >= 15 is 0 Å². The first-order valence-electron chi connectivity index (χ1n) is 5.70. The molecule has 3 heteroatoms. The quantitative estimate of drug-likeness (QED) is 0.584. The highest BCUT2D eigenvalue weighted by Gasteiger charge is 2.16. The maximum Gasteiger partial charge on any atom is 0.0230 e. The molecule has 0 radical (unpaired) electrons. The molecule has 1 aliphatic rings. The second-order valence-corrected chi connectivity index (χ2v) is 5.09. The largest absolute Gasteiger partial charge is 0.297 e. The Labute approximate surface area is 102 Å². The molecule has 2 rings (SSSR count). The summed E-state index contributed by atoms with van der Waals surface area (Å²) in [4.78, 5) is 3.77. The highest BCUT2D eigenvalue weighted by molar-refractivity contribution is 7.97. The summed E-state index contributed by atoms with van der Waals surface area (Å²) in [6.07, 6.45) is 1.99. The van der Waals surface area contributed by atoms with E-state index in [0.29, 0.717) is 0 Å². The molecule has 1 heterocycles. The SMILES string of the molecule is C=CCN1CCN(Sc2ccccc2)CC1. The molecule has 0 bridgehead atoms. The Morgan fingerprint density at radius 3 is 2.44 bits per heavy atom. The number of nitrogens with zero attached hydrogens (tertiary/aromatic N) is 2. The molecule has 0 amide bonds. The van der Waals surface area contributed by atoms with Gasteiger partial charge in [-0.1, -0.05) is 24.3 Å². The zero-order valence-electron chi connectivity index (χ0n) is 9.51. The lowest BCUT2D eigenvalue weighted by molar-refractivity contribution is 0.214. The molecule has 2 nitrogen and oxygen atoms in total. The molecular formula is C13H18N2S. The smallest absolute Gasteiger partial charge is 0.0230 e. The molecule has 0 unspecified atom stereocenters. The van der Waals surface area contributed by atoms with Crippen LogP contribution in [0, 0.1) is 0 Å². The minimum Gasteiger partial charge on any atom is -0.297 e. The molecule has 1 saturated heterocycles. The van der Waals surface area contributed by atoms with Gasteiger partial charge in [0.1, 0.15) is 0 Å². The van der Waals surface area contributed by atoms with E-state index < -0.39 is 0 Å². The van der Waals surface area contributed by atoms with Crippen LogP contribution in [0.15, 0.2) is 47.9 Å². The van der Waals surface area contributed by atoms with Gasteiger partial charge in [-0.25, -0.2) is 4.31 Å². The van der Waals surface area contributed by atoms with Crippen molar-refractivity contribution < 1.29 is 0 Å². The van der Waals surface area contributed by atoms with Gasteiger partial charge in [0.05, 0.1) is 0 Å². The first-order chi connectivity index (χ1) is 7.88.